The van der Waals surface area contributed by atoms with Crippen LogP contribution < -0.4 is 4.90 Å². The summed E-state index contributed by atoms with van der Waals surface area (Å²) in [6.07, 6.45) is 0. The number of anilines is 1. The van der Waals surface area contributed by atoms with Gasteiger partial charge in [-0.2, -0.15) is 4.68 Å². The highest BCUT2D eigenvalue weighted by atomic mass is 32.2. The first kappa shape index (κ1) is 18.5. The van der Waals surface area contributed by atoms with E-state index in [1.54, 1.807) is 4.68 Å². The summed E-state index contributed by atoms with van der Waals surface area (Å²) in [4.78, 5) is 16.9. The minimum absolute atomic E-state index is 0.122. The number of para-hydroxylation sites is 1. The van der Waals surface area contributed by atoms with Crippen LogP contribution in [-0.4, -0.2) is 62.9 Å². The van der Waals surface area contributed by atoms with Gasteiger partial charge in [0.15, 0.2) is 0 Å². The molecule has 1 aliphatic rings. The number of aromatic nitrogens is 4. The van der Waals surface area contributed by atoms with E-state index in [-0.39, 0.29) is 5.91 Å². The van der Waals surface area contributed by atoms with Crippen molar-refractivity contribution in [2.45, 2.75) is 12.1 Å². The Bertz CT molecular complexity index is 937. The molecule has 0 N–H and O–H groups in total. The fraction of sp³-hybridized carbons (Fsp3) is 0.300. The normalized spacial score (nSPS) is 14.3. The molecule has 7 nitrogen and oxygen atoms in total. The first-order valence-electron chi connectivity index (χ1n) is 9.27. The van der Waals surface area contributed by atoms with Gasteiger partial charge in [-0.1, -0.05) is 42.1 Å². The number of tetrazole rings is 1. The first-order chi connectivity index (χ1) is 13.7. The van der Waals surface area contributed by atoms with Crippen LogP contribution in [0.4, 0.5) is 5.69 Å². The molecule has 1 saturated heterocycles. The molecular formula is C20H22N6OS. The monoisotopic (exact) mass is 394 g/mol. The van der Waals surface area contributed by atoms with Crippen molar-refractivity contribution in [2.24, 2.45) is 0 Å². The number of benzene rings is 2. The summed E-state index contributed by atoms with van der Waals surface area (Å²) in [5.41, 5.74) is 3.36. The Labute approximate surface area is 168 Å². The van der Waals surface area contributed by atoms with Gasteiger partial charge in [-0.05, 0) is 47.2 Å². The molecule has 0 radical (unpaired) electrons. The summed E-state index contributed by atoms with van der Waals surface area (Å²) in [6, 6.07) is 18.2. The second-order valence-corrected chi connectivity index (χ2v) is 7.65. The molecule has 0 aliphatic carbocycles. The van der Waals surface area contributed by atoms with Crippen LogP contribution in [-0.2, 0) is 4.79 Å². The second-order valence-electron chi connectivity index (χ2n) is 6.70. The maximum atomic E-state index is 12.6. The largest absolute Gasteiger partial charge is 0.368 e. The van der Waals surface area contributed by atoms with Crippen molar-refractivity contribution >= 4 is 23.4 Å². The van der Waals surface area contributed by atoms with Gasteiger partial charge in [-0.3, -0.25) is 4.79 Å². The van der Waals surface area contributed by atoms with E-state index in [0.29, 0.717) is 10.9 Å². The number of piperazine rings is 1. The lowest BCUT2D eigenvalue weighted by molar-refractivity contribution is -0.128. The lowest BCUT2D eigenvalue weighted by atomic mass is 10.2. The van der Waals surface area contributed by atoms with Crippen LogP contribution in [0.2, 0.25) is 0 Å². The molecule has 1 aliphatic heterocycles. The fourth-order valence-corrected chi connectivity index (χ4v) is 4.05. The van der Waals surface area contributed by atoms with Crippen molar-refractivity contribution in [1.82, 2.24) is 25.1 Å². The van der Waals surface area contributed by atoms with E-state index in [9.17, 15) is 4.79 Å². The Morgan fingerprint density at radius 2 is 1.75 bits per heavy atom. The smallest absolute Gasteiger partial charge is 0.233 e. The summed E-state index contributed by atoms with van der Waals surface area (Å²) in [5, 5.41) is 12.5. The number of nitrogens with zero attached hydrogens (tertiary/aromatic N) is 6. The molecule has 0 atom stereocenters. The van der Waals surface area contributed by atoms with Gasteiger partial charge in [0, 0.05) is 31.9 Å². The number of hydrogen-bond acceptors (Lipinski definition) is 6. The van der Waals surface area contributed by atoms with Gasteiger partial charge in [0.1, 0.15) is 0 Å². The predicted octanol–water partition coefficient (Wildman–Crippen LogP) is 2.41. The Balaban J connectivity index is 1.32. The highest BCUT2D eigenvalue weighted by Gasteiger charge is 2.22. The van der Waals surface area contributed by atoms with E-state index in [1.165, 1.54) is 23.0 Å². The molecule has 0 spiro atoms. The molecule has 0 saturated carbocycles. The van der Waals surface area contributed by atoms with Gasteiger partial charge >= 0.3 is 0 Å². The van der Waals surface area contributed by atoms with E-state index in [2.05, 4.69) is 51.6 Å². The Morgan fingerprint density at radius 1 is 1.00 bits per heavy atom. The molecule has 0 unspecified atom stereocenters. The van der Waals surface area contributed by atoms with Gasteiger partial charge in [0.05, 0.1) is 11.4 Å². The summed E-state index contributed by atoms with van der Waals surface area (Å²) >= 11 is 1.37. The van der Waals surface area contributed by atoms with Gasteiger partial charge in [-0.25, -0.2) is 0 Å². The highest BCUT2D eigenvalue weighted by molar-refractivity contribution is 7.99. The molecule has 1 aromatic heterocycles. The molecule has 3 aromatic rings. The van der Waals surface area contributed by atoms with E-state index in [0.717, 1.165) is 31.9 Å². The lowest BCUT2D eigenvalue weighted by Crippen LogP contribution is -2.49. The maximum absolute atomic E-state index is 12.6. The lowest BCUT2D eigenvalue weighted by Gasteiger charge is -2.36. The number of rotatable bonds is 5. The molecule has 1 fully saturated rings. The summed E-state index contributed by atoms with van der Waals surface area (Å²) < 4.78 is 1.66. The molecule has 0 bridgehead atoms. The number of thioether (sulfide) groups is 1. The zero-order valence-corrected chi connectivity index (χ0v) is 16.5. The van der Waals surface area contributed by atoms with Gasteiger partial charge in [-0.15, -0.1) is 5.10 Å². The van der Waals surface area contributed by atoms with Crippen LogP contribution >= 0.6 is 11.8 Å². The highest BCUT2D eigenvalue weighted by Crippen LogP contribution is 2.20. The molecule has 2 heterocycles. The number of carbonyl (C=O) groups excluding carboxylic acids is 1. The standard InChI is InChI=1S/C20H22N6OS/c1-16-6-5-9-18(14-16)24-10-12-25(13-11-24)19(27)15-28-20-21-22-23-26(20)17-7-3-2-4-8-17/h2-9,14H,10-13,15H2,1H3. The van der Waals surface area contributed by atoms with Crippen LogP contribution in [0.3, 0.4) is 0 Å². The zero-order valence-electron chi connectivity index (χ0n) is 15.7. The molecule has 144 valence electrons. The number of amides is 1. The number of hydrogen-bond donors (Lipinski definition) is 0. The number of carbonyl (C=O) groups is 1. The molecule has 4 rings (SSSR count). The SMILES string of the molecule is Cc1cccc(N2CCN(C(=O)CSc3nnnn3-c3ccccc3)CC2)c1. The summed E-state index contributed by atoms with van der Waals surface area (Å²) in [6.45, 7) is 5.26. The summed E-state index contributed by atoms with van der Waals surface area (Å²) in [5.74, 6) is 0.453. The Kier molecular flexibility index (Phi) is 5.57. The third-order valence-corrected chi connectivity index (χ3v) is 5.67. The predicted molar refractivity (Wildman–Crippen MR) is 110 cm³/mol. The minimum Gasteiger partial charge on any atom is -0.368 e. The maximum Gasteiger partial charge on any atom is 0.233 e. The van der Waals surface area contributed by atoms with Crippen LogP contribution in [0.15, 0.2) is 59.8 Å². The quantitative estimate of drug-likeness (QED) is 0.619. The Morgan fingerprint density at radius 3 is 2.50 bits per heavy atom. The van der Waals surface area contributed by atoms with Crippen LogP contribution in [0.1, 0.15) is 5.56 Å². The number of aryl methyl sites for hydroxylation is 1. The van der Waals surface area contributed by atoms with Crippen LogP contribution in [0, 0.1) is 6.92 Å². The van der Waals surface area contributed by atoms with Crippen molar-refractivity contribution in [3.05, 3.63) is 60.2 Å². The van der Waals surface area contributed by atoms with Crippen molar-refractivity contribution in [3.8, 4) is 5.69 Å². The van der Waals surface area contributed by atoms with Gasteiger partial charge in [0.2, 0.25) is 11.1 Å². The van der Waals surface area contributed by atoms with E-state index in [1.807, 2.05) is 35.2 Å². The van der Waals surface area contributed by atoms with E-state index in [4.69, 9.17) is 0 Å². The fourth-order valence-electron chi connectivity index (χ4n) is 3.26. The molecular weight excluding hydrogens is 372 g/mol. The minimum atomic E-state index is 0.122. The topological polar surface area (TPSA) is 67.2 Å². The van der Waals surface area contributed by atoms with Crippen LogP contribution in [0.5, 0.6) is 0 Å². The molecule has 1 amide bonds. The van der Waals surface area contributed by atoms with Crippen molar-refractivity contribution in [1.29, 1.82) is 0 Å². The van der Waals surface area contributed by atoms with Crippen molar-refractivity contribution < 1.29 is 4.79 Å². The molecule has 28 heavy (non-hydrogen) atoms. The average Bonchev–Trinajstić information content (AvgIpc) is 3.21. The van der Waals surface area contributed by atoms with Gasteiger partial charge < -0.3 is 9.80 Å². The second kappa shape index (κ2) is 8.43. The molecule has 2 aromatic carbocycles. The Hall–Kier alpha value is -2.87. The van der Waals surface area contributed by atoms with E-state index < -0.39 is 0 Å². The zero-order chi connectivity index (χ0) is 19.3. The third kappa shape index (κ3) is 4.17. The van der Waals surface area contributed by atoms with Crippen molar-refractivity contribution in [3.63, 3.8) is 0 Å². The van der Waals surface area contributed by atoms with Crippen molar-refractivity contribution in [2.75, 3.05) is 36.8 Å². The first-order valence-corrected chi connectivity index (χ1v) is 10.3. The summed E-state index contributed by atoms with van der Waals surface area (Å²) in [7, 11) is 0. The van der Waals surface area contributed by atoms with Crippen LogP contribution in [0.25, 0.3) is 5.69 Å². The average molecular weight is 395 g/mol. The molecule has 8 heteroatoms. The third-order valence-electron chi connectivity index (χ3n) is 4.77. The van der Waals surface area contributed by atoms with E-state index >= 15 is 0 Å². The van der Waals surface area contributed by atoms with Gasteiger partial charge in [0.25, 0.3) is 0 Å².